The summed E-state index contributed by atoms with van der Waals surface area (Å²) in [6.45, 7) is 6.12. The predicted octanol–water partition coefficient (Wildman–Crippen LogP) is 0.153. The van der Waals surface area contributed by atoms with Crippen LogP contribution < -0.4 is 15.3 Å². The van der Waals surface area contributed by atoms with Gasteiger partial charge in [-0.1, -0.05) is 20.8 Å². The second-order valence-electron chi connectivity index (χ2n) is 5.46. The van der Waals surface area contributed by atoms with Gasteiger partial charge in [0.1, 0.15) is 0 Å². The minimum Gasteiger partial charge on any atom is -0.549 e. The van der Waals surface area contributed by atoms with E-state index in [0.717, 1.165) is 34.5 Å². The van der Waals surface area contributed by atoms with Crippen molar-refractivity contribution < 1.29 is 29.7 Å². The van der Waals surface area contributed by atoms with Crippen molar-refractivity contribution in [3.63, 3.8) is 0 Å². The van der Waals surface area contributed by atoms with Crippen LogP contribution in [0.15, 0.2) is 0 Å². The fraction of sp³-hybridized carbons (Fsp3) is 0.833. The van der Waals surface area contributed by atoms with Crippen LogP contribution in [0.5, 0.6) is 0 Å². The molecule has 13 heteroatoms. The van der Waals surface area contributed by atoms with E-state index in [1.165, 1.54) is 0 Å². The summed E-state index contributed by atoms with van der Waals surface area (Å²) < 4.78 is 0. The van der Waals surface area contributed by atoms with Gasteiger partial charge in [0.15, 0.2) is 0 Å². The van der Waals surface area contributed by atoms with Crippen molar-refractivity contribution in [1.29, 1.82) is 0 Å². The maximum absolute atomic E-state index is 10.1. The minimum atomic E-state index is -1.07. The molecule has 0 saturated carbocycles. The SMILES string of the molecule is CCSCCC(S)C(=O)[O-].CCSCCC(S)C(=O)[O-].CCSCCC(S)C(=O)[O-].[Sb+3]. The summed E-state index contributed by atoms with van der Waals surface area (Å²) >= 11 is 16.6. The van der Waals surface area contributed by atoms with E-state index in [2.05, 4.69) is 37.9 Å². The molecule has 0 aromatic heterocycles. The third kappa shape index (κ3) is 33.6. The Morgan fingerprint density at radius 2 is 0.806 bits per heavy atom. The van der Waals surface area contributed by atoms with E-state index in [-0.39, 0.29) is 24.4 Å². The van der Waals surface area contributed by atoms with E-state index in [1.54, 1.807) is 35.3 Å². The normalized spacial score (nSPS) is 12.6. The third-order valence-electron chi connectivity index (χ3n) is 3.04. The van der Waals surface area contributed by atoms with Crippen LogP contribution in [0.4, 0.5) is 0 Å². The van der Waals surface area contributed by atoms with E-state index >= 15 is 0 Å². The summed E-state index contributed by atoms with van der Waals surface area (Å²) in [7, 11) is 0. The number of aliphatic carboxylic acids is 3. The number of rotatable bonds is 15. The minimum absolute atomic E-state index is 0. The number of carboxylic acid groups (broad SMARTS) is 3. The zero-order chi connectivity index (χ0) is 23.9. The molecule has 3 unspecified atom stereocenters. The molecule has 6 nitrogen and oxygen atoms in total. The van der Waals surface area contributed by atoms with Gasteiger partial charge in [-0.25, -0.2) is 0 Å². The summed E-state index contributed by atoms with van der Waals surface area (Å²) in [4.78, 5) is 30.3. The Balaban J connectivity index is -0.000000174. The van der Waals surface area contributed by atoms with Crippen molar-refractivity contribution in [2.45, 2.75) is 55.8 Å². The Morgan fingerprint density at radius 3 is 0.935 bits per heavy atom. The standard InChI is InChI=1S/3C6H12O2S2.Sb/c3*1-2-10-4-3-5(9)6(7)8;/h3*5,9H,2-4H2,1H3,(H,7,8);/q;;;+3/p-3. The van der Waals surface area contributed by atoms with Gasteiger partial charge in [0, 0.05) is 15.7 Å². The smallest absolute Gasteiger partial charge is 0.549 e. The summed E-state index contributed by atoms with van der Waals surface area (Å²) in [6.07, 6.45) is 1.76. The number of thioether (sulfide) groups is 3. The van der Waals surface area contributed by atoms with E-state index in [4.69, 9.17) is 0 Å². The van der Waals surface area contributed by atoms with Crippen LogP contribution in [0.2, 0.25) is 0 Å². The predicted molar refractivity (Wildman–Crippen MR) is 142 cm³/mol. The van der Waals surface area contributed by atoms with Gasteiger partial charge in [0.2, 0.25) is 0 Å². The summed E-state index contributed by atoms with van der Waals surface area (Å²) in [5, 5.41) is 28.5. The molecule has 0 aromatic carbocycles. The fourth-order valence-electron chi connectivity index (χ4n) is 1.37. The molecule has 182 valence electrons. The first-order valence-corrected chi connectivity index (χ1v) is 14.5. The van der Waals surface area contributed by atoms with Crippen LogP contribution in [0, 0.1) is 0 Å². The molecule has 0 rings (SSSR count). The molecule has 0 aromatic rings. The first kappa shape index (κ1) is 39.5. The maximum Gasteiger partial charge on any atom is 3.00 e. The number of thiol groups is 3. The Kier molecular flexibility index (Phi) is 37.4. The molecule has 2 radical (unpaired) electrons. The first-order valence-electron chi connectivity index (χ1n) is 9.44. The number of hydrogen-bond acceptors (Lipinski definition) is 12. The average Bonchev–Trinajstić information content (AvgIpc) is 2.69. The van der Waals surface area contributed by atoms with Crippen LogP contribution in [-0.4, -0.2) is 92.6 Å². The number of carbonyl (C=O) groups excluding carboxylic acids is 3. The summed E-state index contributed by atoms with van der Waals surface area (Å²) in [5.41, 5.74) is 0. The topological polar surface area (TPSA) is 120 Å². The molecule has 0 heterocycles. The number of carboxylic acids is 3. The Hall–Kier alpha value is 1.33. The van der Waals surface area contributed by atoms with E-state index in [9.17, 15) is 29.7 Å². The van der Waals surface area contributed by atoms with Gasteiger partial charge in [-0.15, -0.1) is 0 Å². The number of hydrogen-bond donors (Lipinski definition) is 3. The molecule has 0 spiro atoms. The van der Waals surface area contributed by atoms with Gasteiger partial charge in [-0.3, -0.25) is 0 Å². The van der Waals surface area contributed by atoms with Crippen LogP contribution >= 0.6 is 73.2 Å². The molecule has 0 saturated heterocycles. The van der Waals surface area contributed by atoms with Gasteiger partial charge >= 0.3 is 24.4 Å². The van der Waals surface area contributed by atoms with Crippen LogP contribution in [-0.2, 0) is 14.4 Å². The molecule has 0 fully saturated rings. The summed E-state index contributed by atoms with van der Waals surface area (Å²) in [5.74, 6) is 2.39. The van der Waals surface area contributed by atoms with Crippen LogP contribution in [0.1, 0.15) is 40.0 Å². The zero-order valence-electron chi connectivity index (χ0n) is 18.1. The summed E-state index contributed by atoms with van der Waals surface area (Å²) in [6, 6.07) is 0. The zero-order valence-corrected chi connectivity index (χ0v) is 25.7. The Bertz CT molecular complexity index is 386. The van der Waals surface area contributed by atoms with Crippen molar-refractivity contribution in [2.24, 2.45) is 0 Å². The van der Waals surface area contributed by atoms with Crippen LogP contribution in [0.25, 0.3) is 0 Å². The fourth-order valence-corrected chi connectivity index (χ4v) is 4.36. The van der Waals surface area contributed by atoms with Crippen LogP contribution in [0.3, 0.4) is 0 Å². The molecule has 31 heavy (non-hydrogen) atoms. The average molecular weight is 660 g/mol. The molecule has 0 amide bonds. The Labute approximate surface area is 233 Å². The molecule has 0 aliphatic rings. The van der Waals surface area contributed by atoms with Gasteiger partial charge in [-0.2, -0.15) is 73.2 Å². The van der Waals surface area contributed by atoms with Crippen molar-refractivity contribution in [3.05, 3.63) is 0 Å². The molecule has 0 aliphatic heterocycles. The molecule has 0 aliphatic carbocycles. The van der Waals surface area contributed by atoms with Gasteiger partial charge in [-0.05, 0) is 53.8 Å². The molecular formula is C18H33O6S6Sb. The Morgan fingerprint density at radius 1 is 0.613 bits per heavy atom. The van der Waals surface area contributed by atoms with E-state index in [1.807, 2.05) is 20.8 Å². The number of carbonyl (C=O) groups is 3. The molecule has 3 atom stereocenters. The maximum atomic E-state index is 10.1. The second kappa shape index (κ2) is 29.4. The quantitative estimate of drug-likeness (QED) is 0.128. The van der Waals surface area contributed by atoms with Gasteiger partial charge in [0.05, 0.1) is 17.9 Å². The first-order chi connectivity index (χ1) is 14.0. The van der Waals surface area contributed by atoms with Crippen molar-refractivity contribution in [3.8, 4) is 0 Å². The van der Waals surface area contributed by atoms with Crippen molar-refractivity contribution >= 4 is 116 Å². The molecular weight excluding hydrogens is 626 g/mol. The molecule has 0 N–H and O–H groups in total. The van der Waals surface area contributed by atoms with E-state index < -0.39 is 33.7 Å². The van der Waals surface area contributed by atoms with Crippen molar-refractivity contribution in [2.75, 3.05) is 34.5 Å². The van der Waals surface area contributed by atoms with Gasteiger partial charge < -0.3 is 29.7 Å². The van der Waals surface area contributed by atoms with Gasteiger partial charge in [0.25, 0.3) is 0 Å². The third-order valence-corrected chi connectivity index (χ3v) is 7.24. The molecule has 0 bridgehead atoms. The monoisotopic (exact) mass is 658 g/mol. The van der Waals surface area contributed by atoms with Crippen molar-refractivity contribution in [1.82, 2.24) is 0 Å². The largest absolute Gasteiger partial charge is 3.00 e. The van der Waals surface area contributed by atoms with E-state index in [0.29, 0.717) is 19.3 Å². The second-order valence-corrected chi connectivity index (χ2v) is 11.5.